The van der Waals surface area contributed by atoms with Gasteiger partial charge in [0, 0.05) is 19.4 Å². The van der Waals surface area contributed by atoms with Gasteiger partial charge in [-0.2, -0.15) is 0 Å². The number of rotatable bonds is 11. The second-order valence-electron chi connectivity index (χ2n) is 4.75. The zero-order valence-corrected chi connectivity index (χ0v) is 13.2. The van der Waals surface area contributed by atoms with E-state index in [4.69, 9.17) is 0 Å². The van der Waals surface area contributed by atoms with Crippen LogP contribution >= 0.6 is 0 Å². The topological polar surface area (TPSA) is 92.3 Å². The molecule has 0 atom stereocenters. The number of hydrogen-bond acceptors (Lipinski definition) is 4. The van der Waals surface area contributed by atoms with E-state index < -0.39 is 15.9 Å². The fraction of sp³-hybridized carbons (Fsp3) is 0.846. The fourth-order valence-corrected chi connectivity index (χ4v) is 2.69. The number of carbonyl (C=O) groups excluding carboxylic acids is 2. The first-order chi connectivity index (χ1) is 9.41. The molecule has 0 aromatic heterocycles. The largest absolute Gasteiger partial charge is 0.356 e. The number of nitrogens with one attached hydrogen (secondary N) is 2. The highest BCUT2D eigenvalue weighted by atomic mass is 32.2. The minimum Gasteiger partial charge on any atom is -0.356 e. The Balaban J connectivity index is 3.77. The maximum Gasteiger partial charge on any atom is 0.234 e. The van der Waals surface area contributed by atoms with Crippen molar-refractivity contribution in [1.29, 1.82) is 0 Å². The Bertz CT molecular complexity index is 393. The first-order valence-corrected chi connectivity index (χ1v) is 8.86. The van der Waals surface area contributed by atoms with Crippen molar-refractivity contribution in [1.82, 2.24) is 10.0 Å². The molecular weight excluding hydrogens is 280 g/mol. The Labute approximate surface area is 121 Å². The average molecular weight is 306 g/mol. The van der Waals surface area contributed by atoms with Crippen LogP contribution in [0.4, 0.5) is 0 Å². The van der Waals surface area contributed by atoms with E-state index in [1.165, 1.54) is 0 Å². The molecule has 0 aliphatic rings. The lowest BCUT2D eigenvalue weighted by molar-refractivity contribution is -0.121. The molecule has 118 valence electrons. The van der Waals surface area contributed by atoms with E-state index in [0.717, 1.165) is 19.3 Å². The number of hydrogen-bond donors (Lipinski definition) is 2. The first-order valence-electron chi connectivity index (χ1n) is 7.21. The van der Waals surface area contributed by atoms with Crippen molar-refractivity contribution >= 4 is 21.8 Å². The summed E-state index contributed by atoms with van der Waals surface area (Å²) in [5.41, 5.74) is 0. The summed E-state index contributed by atoms with van der Waals surface area (Å²) in [4.78, 5) is 22.6. The molecule has 0 saturated carbocycles. The molecule has 2 amide bonds. The monoisotopic (exact) mass is 306 g/mol. The van der Waals surface area contributed by atoms with Crippen LogP contribution < -0.4 is 10.0 Å². The van der Waals surface area contributed by atoms with Crippen LogP contribution in [0, 0.1) is 0 Å². The fourth-order valence-electron chi connectivity index (χ4n) is 1.62. The number of amides is 2. The zero-order valence-electron chi connectivity index (χ0n) is 12.4. The highest BCUT2D eigenvalue weighted by molar-refractivity contribution is 7.90. The normalized spacial score (nSPS) is 11.1. The molecule has 0 aliphatic carbocycles. The van der Waals surface area contributed by atoms with Crippen LogP contribution in [0.15, 0.2) is 0 Å². The molecule has 0 aliphatic heterocycles. The van der Waals surface area contributed by atoms with Crippen molar-refractivity contribution in [3.63, 3.8) is 0 Å². The minimum atomic E-state index is -3.57. The molecule has 0 saturated heterocycles. The molecule has 0 rings (SSSR count). The van der Waals surface area contributed by atoms with Crippen LogP contribution in [0.5, 0.6) is 0 Å². The van der Waals surface area contributed by atoms with Gasteiger partial charge in [-0.25, -0.2) is 8.42 Å². The van der Waals surface area contributed by atoms with Crippen molar-refractivity contribution in [2.45, 2.75) is 58.8 Å². The van der Waals surface area contributed by atoms with Gasteiger partial charge in [0.25, 0.3) is 0 Å². The maximum absolute atomic E-state index is 11.5. The Morgan fingerprint density at radius 2 is 1.60 bits per heavy atom. The maximum atomic E-state index is 11.5. The summed E-state index contributed by atoms with van der Waals surface area (Å²) in [7, 11) is -3.57. The minimum absolute atomic E-state index is 0.0501. The summed E-state index contributed by atoms with van der Waals surface area (Å²) in [5, 5.41) is 2.68. The van der Waals surface area contributed by atoms with Gasteiger partial charge < -0.3 is 5.32 Å². The Hall–Kier alpha value is -1.11. The lowest BCUT2D eigenvalue weighted by atomic mass is 10.2. The molecular formula is C13H26N2O4S. The summed E-state index contributed by atoms with van der Waals surface area (Å²) in [6, 6.07) is 0. The van der Waals surface area contributed by atoms with Gasteiger partial charge in [0.05, 0.1) is 5.75 Å². The second-order valence-corrected chi connectivity index (χ2v) is 6.60. The summed E-state index contributed by atoms with van der Waals surface area (Å²) in [5.74, 6) is -0.681. The molecule has 0 bridgehead atoms. The molecule has 2 N–H and O–H groups in total. The van der Waals surface area contributed by atoms with Crippen LogP contribution in [0.3, 0.4) is 0 Å². The Morgan fingerprint density at radius 3 is 2.20 bits per heavy atom. The number of carbonyl (C=O) groups is 2. The second kappa shape index (κ2) is 10.7. The highest BCUT2D eigenvalue weighted by Gasteiger charge is 2.13. The van der Waals surface area contributed by atoms with Crippen molar-refractivity contribution < 1.29 is 18.0 Å². The number of unbranched alkanes of at least 4 members (excludes halogenated alkanes) is 2. The molecule has 0 aromatic rings. The van der Waals surface area contributed by atoms with Crippen molar-refractivity contribution in [2.24, 2.45) is 0 Å². The van der Waals surface area contributed by atoms with E-state index in [1.54, 1.807) is 6.92 Å². The van der Waals surface area contributed by atoms with Crippen molar-refractivity contribution in [2.75, 3.05) is 12.3 Å². The number of sulfonamides is 1. The molecule has 6 nitrogen and oxygen atoms in total. The predicted molar refractivity (Wildman–Crippen MR) is 78.6 cm³/mol. The van der Waals surface area contributed by atoms with Crippen LogP contribution in [0.2, 0.25) is 0 Å². The van der Waals surface area contributed by atoms with Gasteiger partial charge in [0.1, 0.15) is 0 Å². The van der Waals surface area contributed by atoms with Gasteiger partial charge in [-0.3, -0.25) is 14.3 Å². The van der Waals surface area contributed by atoms with Gasteiger partial charge >= 0.3 is 0 Å². The van der Waals surface area contributed by atoms with E-state index in [9.17, 15) is 18.0 Å². The average Bonchev–Trinajstić information content (AvgIpc) is 2.34. The molecule has 20 heavy (non-hydrogen) atoms. The smallest absolute Gasteiger partial charge is 0.234 e. The quantitative estimate of drug-likeness (QED) is 0.563. The van der Waals surface area contributed by atoms with E-state index in [1.807, 2.05) is 4.72 Å². The van der Waals surface area contributed by atoms with Gasteiger partial charge in [-0.15, -0.1) is 0 Å². The summed E-state index contributed by atoms with van der Waals surface area (Å²) in [6.45, 7) is 4.18. The van der Waals surface area contributed by atoms with Gasteiger partial charge in [0.2, 0.25) is 21.8 Å². The van der Waals surface area contributed by atoms with Gasteiger partial charge in [-0.1, -0.05) is 26.7 Å². The molecule has 0 unspecified atom stereocenters. The van der Waals surface area contributed by atoms with Crippen LogP contribution in [0.25, 0.3) is 0 Å². The van der Waals surface area contributed by atoms with Crippen LogP contribution in [0.1, 0.15) is 58.8 Å². The van der Waals surface area contributed by atoms with E-state index in [2.05, 4.69) is 12.2 Å². The molecule has 0 aromatic carbocycles. The SMILES string of the molecule is CCCCCC(=O)NCCCS(=O)(=O)NC(=O)CCC. The summed E-state index contributed by atoms with van der Waals surface area (Å²) in [6.07, 6.45) is 4.52. The standard InChI is InChI=1S/C13H26N2O4S/c1-3-5-6-9-12(16)14-10-7-11-20(18,19)15-13(17)8-4-2/h3-11H2,1-2H3,(H,14,16)(H,15,17). The van der Waals surface area contributed by atoms with Crippen LogP contribution in [-0.2, 0) is 19.6 Å². The summed E-state index contributed by atoms with van der Waals surface area (Å²) >= 11 is 0. The third-order valence-corrected chi connectivity index (χ3v) is 4.03. The zero-order chi connectivity index (χ0) is 15.4. The first kappa shape index (κ1) is 18.9. The van der Waals surface area contributed by atoms with Crippen molar-refractivity contribution in [3.8, 4) is 0 Å². The molecule has 0 radical (unpaired) electrons. The van der Waals surface area contributed by atoms with E-state index in [-0.39, 0.29) is 18.1 Å². The lowest BCUT2D eigenvalue weighted by Crippen LogP contribution is -2.33. The highest BCUT2D eigenvalue weighted by Crippen LogP contribution is 1.98. The van der Waals surface area contributed by atoms with Gasteiger partial charge in [0.15, 0.2) is 0 Å². The lowest BCUT2D eigenvalue weighted by Gasteiger charge is -2.07. The third kappa shape index (κ3) is 10.8. The molecule has 0 fully saturated rings. The van der Waals surface area contributed by atoms with E-state index in [0.29, 0.717) is 25.8 Å². The third-order valence-electron chi connectivity index (χ3n) is 2.67. The van der Waals surface area contributed by atoms with Gasteiger partial charge in [-0.05, 0) is 19.3 Å². The Morgan fingerprint density at radius 1 is 0.900 bits per heavy atom. The van der Waals surface area contributed by atoms with E-state index >= 15 is 0 Å². The Kier molecular flexibility index (Phi) is 10.1. The van der Waals surface area contributed by atoms with Crippen molar-refractivity contribution in [3.05, 3.63) is 0 Å². The van der Waals surface area contributed by atoms with Crippen LogP contribution in [-0.4, -0.2) is 32.5 Å². The molecule has 0 heterocycles. The molecule has 7 heteroatoms. The predicted octanol–water partition coefficient (Wildman–Crippen LogP) is 1.32. The summed E-state index contributed by atoms with van der Waals surface area (Å²) < 4.78 is 25.1. The molecule has 0 spiro atoms.